The van der Waals surface area contributed by atoms with Crippen LogP contribution < -0.4 is 5.32 Å². The molecule has 114 valence electrons. The van der Waals surface area contributed by atoms with Crippen LogP contribution in [0.4, 0.5) is 0 Å². The summed E-state index contributed by atoms with van der Waals surface area (Å²) in [6.07, 6.45) is 4.36. The molecule has 0 aliphatic heterocycles. The van der Waals surface area contributed by atoms with Crippen molar-refractivity contribution in [1.82, 2.24) is 5.32 Å². The van der Waals surface area contributed by atoms with Gasteiger partial charge in [-0.2, -0.15) is 0 Å². The molecule has 1 unspecified atom stereocenters. The molecular formula is C19H27NO. The molecule has 0 bridgehead atoms. The summed E-state index contributed by atoms with van der Waals surface area (Å²) in [6.45, 7) is 7.68. The molecule has 1 aromatic heterocycles. The molecular weight excluding hydrogens is 258 g/mol. The number of aryl methyl sites for hydroxylation is 1. The van der Waals surface area contributed by atoms with Crippen molar-refractivity contribution in [2.75, 3.05) is 6.54 Å². The topological polar surface area (TPSA) is 25.2 Å². The third-order valence-electron chi connectivity index (χ3n) is 3.71. The summed E-state index contributed by atoms with van der Waals surface area (Å²) >= 11 is 0. The second-order valence-corrected chi connectivity index (χ2v) is 5.73. The van der Waals surface area contributed by atoms with E-state index in [2.05, 4.69) is 62.5 Å². The molecule has 2 aromatic rings. The highest BCUT2D eigenvalue weighted by Gasteiger charge is 2.10. The summed E-state index contributed by atoms with van der Waals surface area (Å²) in [6, 6.07) is 13.2. The minimum Gasteiger partial charge on any atom is -0.461 e. The van der Waals surface area contributed by atoms with Crippen molar-refractivity contribution < 1.29 is 4.42 Å². The standard InChI is InChI=1S/C19H27NO/c1-4-8-16-9-6-7-10-18(16)19-12-11-17(21-19)14-15(3)20-13-5-2/h6-7,9-12,15,20H,4-5,8,13-14H2,1-3H3. The third-order valence-corrected chi connectivity index (χ3v) is 3.71. The first kappa shape index (κ1) is 15.8. The van der Waals surface area contributed by atoms with E-state index in [1.54, 1.807) is 0 Å². The van der Waals surface area contributed by atoms with E-state index >= 15 is 0 Å². The van der Waals surface area contributed by atoms with E-state index in [-0.39, 0.29) is 0 Å². The molecule has 2 rings (SSSR count). The van der Waals surface area contributed by atoms with E-state index in [9.17, 15) is 0 Å². The fourth-order valence-electron chi connectivity index (χ4n) is 2.65. The van der Waals surface area contributed by atoms with Crippen LogP contribution in [-0.2, 0) is 12.8 Å². The fourth-order valence-corrected chi connectivity index (χ4v) is 2.65. The van der Waals surface area contributed by atoms with Crippen molar-refractivity contribution in [3.8, 4) is 11.3 Å². The summed E-state index contributed by atoms with van der Waals surface area (Å²) in [5.41, 5.74) is 2.61. The van der Waals surface area contributed by atoms with Crippen molar-refractivity contribution >= 4 is 0 Å². The molecule has 0 radical (unpaired) electrons. The molecule has 1 N–H and O–H groups in total. The Balaban J connectivity index is 2.09. The predicted octanol–water partition coefficient (Wildman–Crippen LogP) is 4.83. The number of hydrogen-bond acceptors (Lipinski definition) is 2. The van der Waals surface area contributed by atoms with Gasteiger partial charge in [0, 0.05) is 18.0 Å². The smallest absolute Gasteiger partial charge is 0.134 e. The van der Waals surface area contributed by atoms with Crippen molar-refractivity contribution in [1.29, 1.82) is 0 Å². The zero-order valence-corrected chi connectivity index (χ0v) is 13.5. The molecule has 2 heteroatoms. The molecule has 1 aromatic carbocycles. The molecule has 1 heterocycles. The zero-order valence-electron chi connectivity index (χ0n) is 13.5. The zero-order chi connectivity index (χ0) is 15.1. The average Bonchev–Trinajstić information content (AvgIpc) is 2.94. The maximum atomic E-state index is 6.07. The molecule has 2 nitrogen and oxygen atoms in total. The van der Waals surface area contributed by atoms with Gasteiger partial charge in [-0.1, -0.05) is 44.5 Å². The van der Waals surface area contributed by atoms with Gasteiger partial charge < -0.3 is 9.73 Å². The fraction of sp³-hybridized carbons (Fsp3) is 0.474. The van der Waals surface area contributed by atoms with Gasteiger partial charge in [-0.05, 0) is 44.0 Å². The lowest BCUT2D eigenvalue weighted by Gasteiger charge is -2.11. The Hall–Kier alpha value is -1.54. The number of hydrogen-bond donors (Lipinski definition) is 1. The Bertz CT molecular complexity index is 544. The Morgan fingerprint density at radius 1 is 1.05 bits per heavy atom. The van der Waals surface area contributed by atoms with Gasteiger partial charge in [0.2, 0.25) is 0 Å². The summed E-state index contributed by atoms with van der Waals surface area (Å²) < 4.78 is 6.07. The van der Waals surface area contributed by atoms with Gasteiger partial charge in [0.05, 0.1) is 0 Å². The maximum Gasteiger partial charge on any atom is 0.134 e. The summed E-state index contributed by atoms with van der Waals surface area (Å²) in [5.74, 6) is 2.06. The maximum absolute atomic E-state index is 6.07. The third kappa shape index (κ3) is 4.47. The van der Waals surface area contributed by atoms with E-state index in [0.29, 0.717) is 6.04 Å². The first-order valence-electron chi connectivity index (χ1n) is 8.15. The van der Waals surface area contributed by atoms with Crippen molar-refractivity contribution in [2.45, 2.75) is 52.5 Å². The normalized spacial score (nSPS) is 12.5. The predicted molar refractivity (Wildman–Crippen MR) is 89.6 cm³/mol. The highest BCUT2D eigenvalue weighted by molar-refractivity contribution is 5.62. The van der Waals surface area contributed by atoms with Crippen LogP contribution >= 0.6 is 0 Å². The minimum atomic E-state index is 0.454. The quantitative estimate of drug-likeness (QED) is 0.751. The van der Waals surface area contributed by atoms with Crippen LogP contribution in [0, 0.1) is 0 Å². The van der Waals surface area contributed by atoms with Crippen LogP contribution in [0.3, 0.4) is 0 Å². The lowest BCUT2D eigenvalue weighted by atomic mass is 10.0. The molecule has 0 spiro atoms. The van der Waals surface area contributed by atoms with Gasteiger partial charge in [-0.3, -0.25) is 0 Å². The lowest BCUT2D eigenvalue weighted by Crippen LogP contribution is -2.28. The number of furan rings is 1. The molecule has 0 aliphatic rings. The Morgan fingerprint density at radius 3 is 2.62 bits per heavy atom. The van der Waals surface area contributed by atoms with Gasteiger partial charge in [0.15, 0.2) is 0 Å². The summed E-state index contributed by atoms with van der Waals surface area (Å²) in [4.78, 5) is 0. The van der Waals surface area contributed by atoms with Crippen molar-refractivity contribution in [3.05, 3.63) is 47.7 Å². The molecule has 0 saturated heterocycles. The first-order valence-corrected chi connectivity index (χ1v) is 8.15. The van der Waals surface area contributed by atoms with Crippen LogP contribution in [0.1, 0.15) is 44.9 Å². The molecule has 1 atom stereocenters. The number of rotatable bonds is 8. The van der Waals surface area contributed by atoms with Crippen LogP contribution in [0.25, 0.3) is 11.3 Å². The number of nitrogens with one attached hydrogen (secondary N) is 1. The van der Waals surface area contributed by atoms with Gasteiger partial charge in [-0.25, -0.2) is 0 Å². The van der Waals surface area contributed by atoms with Crippen molar-refractivity contribution in [2.24, 2.45) is 0 Å². The second kappa shape index (κ2) is 8.04. The van der Waals surface area contributed by atoms with E-state index < -0.39 is 0 Å². The molecule has 0 saturated carbocycles. The SMILES string of the molecule is CCCNC(C)Cc1ccc(-c2ccccc2CCC)o1. The van der Waals surface area contributed by atoms with E-state index in [1.165, 1.54) is 11.1 Å². The Kier molecular flexibility index (Phi) is 6.06. The average molecular weight is 285 g/mol. The van der Waals surface area contributed by atoms with Gasteiger partial charge >= 0.3 is 0 Å². The Labute approximate surface area is 128 Å². The first-order chi connectivity index (χ1) is 10.2. The van der Waals surface area contributed by atoms with E-state index in [4.69, 9.17) is 4.42 Å². The van der Waals surface area contributed by atoms with Gasteiger partial charge in [0.25, 0.3) is 0 Å². The highest BCUT2D eigenvalue weighted by atomic mass is 16.3. The largest absolute Gasteiger partial charge is 0.461 e. The summed E-state index contributed by atoms with van der Waals surface area (Å²) in [5, 5.41) is 3.50. The van der Waals surface area contributed by atoms with E-state index in [1.807, 2.05) is 0 Å². The van der Waals surface area contributed by atoms with Crippen molar-refractivity contribution in [3.63, 3.8) is 0 Å². The van der Waals surface area contributed by atoms with Gasteiger partial charge in [0.1, 0.15) is 11.5 Å². The molecule has 0 fully saturated rings. The Morgan fingerprint density at radius 2 is 1.86 bits per heavy atom. The van der Waals surface area contributed by atoms with Crippen LogP contribution in [0.15, 0.2) is 40.8 Å². The second-order valence-electron chi connectivity index (χ2n) is 5.73. The number of benzene rings is 1. The van der Waals surface area contributed by atoms with Crippen LogP contribution in [-0.4, -0.2) is 12.6 Å². The van der Waals surface area contributed by atoms with Crippen LogP contribution in [0.2, 0.25) is 0 Å². The van der Waals surface area contributed by atoms with Gasteiger partial charge in [-0.15, -0.1) is 0 Å². The van der Waals surface area contributed by atoms with E-state index in [0.717, 1.165) is 43.7 Å². The summed E-state index contributed by atoms with van der Waals surface area (Å²) in [7, 11) is 0. The van der Waals surface area contributed by atoms with Crippen LogP contribution in [0.5, 0.6) is 0 Å². The molecule has 21 heavy (non-hydrogen) atoms. The minimum absolute atomic E-state index is 0.454. The highest BCUT2D eigenvalue weighted by Crippen LogP contribution is 2.27. The monoisotopic (exact) mass is 285 g/mol. The molecule has 0 amide bonds. The molecule has 0 aliphatic carbocycles. The lowest BCUT2D eigenvalue weighted by molar-refractivity contribution is 0.464.